The Balaban J connectivity index is 2.55. The van der Waals surface area contributed by atoms with Gasteiger partial charge >= 0.3 is 0 Å². The van der Waals surface area contributed by atoms with Crippen LogP contribution in [0.1, 0.15) is 6.42 Å². The normalized spacial score (nSPS) is 11.4. The van der Waals surface area contributed by atoms with Gasteiger partial charge in [-0.05, 0) is 30.7 Å². The molecule has 0 N–H and O–H groups in total. The SMILES string of the molecule is C=CCCOc1ccc(S(=O)(=O)Cl)c2cccnc12. The number of rotatable bonds is 5. The van der Waals surface area contributed by atoms with E-state index in [1.807, 2.05) is 0 Å². The highest BCUT2D eigenvalue weighted by molar-refractivity contribution is 8.14. The van der Waals surface area contributed by atoms with E-state index >= 15 is 0 Å². The highest BCUT2D eigenvalue weighted by Gasteiger charge is 2.16. The number of nitrogens with zero attached hydrogens (tertiary/aromatic N) is 1. The van der Waals surface area contributed by atoms with Crippen molar-refractivity contribution in [2.75, 3.05) is 6.61 Å². The van der Waals surface area contributed by atoms with Crippen LogP contribution in [0, 0.1) is 0 Å². The second-order valence-corrected chi connectivity index (χ2v) is 6.36. The second-order valence-electron chi connectivity index (χ2n) is 3.83. The van der Waals surface area contributed by atoms with Gasteiger partial charge in [-0.3, -0.25) is 4.98 Å². The smallest absolute Gasteiger partial charge is 0.261 e. The van der Waals surface area contributed by atoms with E-state index in [2.05, 4.69) is 11.6 Å². The minimum Gasteiger partial charge on any atom is -0.491 e. The lowest BCUT2D eigenvalue weighted by Gasteiger charge is -2.09. The van der Waals surface area contributed by atoms with Crippen LogP contribution in [0.15, 0.2) is 48.0 Å². The van der Waals surface area contributed by atoms with E-state index in [0.717, 1.165) is 0 Å². The Bertz CT molecular complexity index is 713. The quantitative estimate of drug-likeness (QED) is 0.483. The van der Waals surface area contributed by atoms with Crippen molar-refractivity contribution in [1.82, 2.24) is 4.98 Å². The summed E-state index contributed by atoms with van der Waals surface area (Å²) in [4.78, 5) is 4.20. The van der Waals surface area contributed by atoms with Crippen molar-refractivity contribution >= 4 is 30.6 Å². The lowest BCUT2D eigenvalue weighted by molar-refractivity contribution is 0.328. The van der Waals surface area contributed by atoms with E-state index in [0.29, 0.717) is 29.7 Å². The lowest BCUT2D eigenvalue weighted by atomic mass is 10.2. The van der Waals surface area contributed by atoms with Crippen molar-refractivity contribution in [3.63, 3.8) is 0 Å². The van der Waals surface area contributed by atoms with Crippen molar-refractivity contribution in [1.29, 1.82) is 0 Å². The molecular formula is C13H12ClNO3S. The maximum atomic E-state index is 11.5. The third-order valence-corrected chi connectivity index (χ3v) is 3.91. The molecule has 100 valence electrons. The number of benzene rings is 1. The fourth-order valence-electron chi connectivity index (χ4n) is 1.70. The van der Waals surface area contributed by atoms with Gasteiger partial charge in [0.25, 0.3) is 9.05 Å². The van der Waals surface area contributed by atoms with Crippen molar-refractivity contribution < 1.29 is 13.2 Å². The molecular weight excluding hydrogens is 286 g/mol. The van der Waals surface area contributed by atoms with Gasteiger partial charge in [-0.15, -0.1) is 6.58 Å². The van der Waals surface area contributed by atoms with Crippen LogP contribution in [0.25, 0.3) is 10.9 Å². The molecule has 1 aromatic heterocycles. The minimum absolute atomic E-state index is 0.0355. The van der Waals surface area contributed by atoms with Gasteiger partial charge in [0.05, 0.1) is 11.5 Å². The number of hydrogen-bond acceptors (Lipinski definition) is 4. The van der Waals surface area contributed by atoms with E-state index in [1.54, 1.807) is 30.5 Å². The van der Waals surface area contributed by atoms with Crippen molar-refractivity contribution in [2.45, 2.75) is 11.3 Å². The second kappa shape index (κ2) is 5.59. The highest BCUT2D eigenvalue weighted by atomic mass is 35.7. The molecule has 1 aromatic carbocycles. The van der Waals surface area contributed by atoms with Crippen LogP contribution in [0.4, 0.5) is 0 Å². The maximum Gasteiger partial charge on any atom is 0.261 e. The highest BCUT2D eigenvalue weighted by Crippen LogP contribution is 2.31. The van der Waals surface area contributed by atoms with Gasteiger partial charge in [0.2, 0.25) is 0 Å². The summed E-state index contributed by atoms with van der Waals surface area (Å²) in [6.07, 6.45) is 4.02. The first kappa shape index (κ1) is 13.8. The van der Waals surface area contributed by atoms with Gasteiger partial charge in [0.15, 0.2) is 0 Å². The molecule has 0 saturated heterocycles. The zero-order valence-corrected chi connectivity index (χ0v) is 11.6. The van der Waals surface area contributed by atoms with E-state index in [1.165, 1.54) is 6.07 Å². The molecule has 19 heavy (non-hydrogen) atoms. The summed E-state index contributed by atoms with van der Waals surface area (Å²) in [6.45, 7) is 4.07. The number of fused-ring (bicyclic) bond motifs is 1. The van der Waals surface area contributed by atoms with Gasteiger partial charge in [-0.25, -0.2) is 8.42 Å². The Morgan fingerprint density at radius 2 is 2.16 bits per heavy atom. The summed E-state index contributed by atoms with van der Waals surface area (Å²) in [5.74, 6) is 0.529. The van der Waals surface area contributed by atoms with Crippen LogP contribution >= 0.6 is 10.7 Å². The molecule has 0 saturated carbocycles. The van der Waals surface area contributed by atoms with Gasteiger partial charge in [0.1, 0.15) is 11.3 Å². The summed E-state index contributed by atoms with van der Waals surface area (Å²) in [7, 11) is 1.60. The summed E-state index contributed by atoms with van der Waals surface area (Å²) < 4.78 is 28.6. The number of hydrogen-bond donors (Lipinski definition) is 0. The first-order valence-electron chi connectivity index (χ1n) is 5.60. The summed E-state index contributed by atoms with van der Waals surface area (Å²) in [5, 5.41) is 0.452. The van der Waals surface area contributed by atoms with Crippen LogP contribution in [0.2, 0.25) is 0 Å². The maximum absolute atomic E-state index is 11.5. The van der Waals surface area contributed by atoms with E-state index in [-0.39, 0.29) is 4.90 Å². The Hall–Kier alpha value is -1.59. The molecule has 0 bridgehead atoms. The van der Waals surface area contributed by atoms with Crippen molar-refractivity contribution in [3.05, 3.63) is 43.1 Å². The molecule has 1 heterocycles. The Morgan fingerprint density at radius 3 is 2.84 bits per heavy atom. The predicted molar refractivity (Wildman–Crippen MR) is 75.1 cm³/mol. The van der Waals surface area contributed by atoms with Gasteiger partial charge in [-0.2, -0.15) is 0 Å². The molecule has 0 atom stereocenters. The fraction of sp³-hybridized carbons (Fsp3) is 0.154. The summed E-state index contributed by atoms with van der Waals surface area (Å²) in [6, 6.07) is 6.29. The molecule has 0 aliphatic rings. The van der Waals surface area contributed by atoms with Gasteiger partial charge in [-0.1, -0.05) is 6.08 Å². The van der Waals surface area contributed by atoms with Crippen LogP contribution in [-0.4, -0.2) is 20.0 Å². The summed E-state index contributed by atoms with van der Waals surface area (Å²) >= 11 is 0. The fourth-order valence-corrected chi connectivity index (χ4v) is 2.76. The number of pyridine rings is 1. The molecule has 0 unspecified atom stereocenters. The average Bonchev–Trinajstić information content (AvgIpc) is 2.37. The molecule has 0 amide bonds. The lowest BCUT2D eigenvalue weighted by Crippen LogP contribution is -1.99. The predicted octanol–water partition coefficient (Wildman–Crippen LogP) is 3.12. The molecule has 0 aliphatic carbocycles. The van der Waals surface area contributed by atoms with E-state index in [9.17, 15) is 8.42 Å². The zero-order valence-electron chi connectivity index (χ0n) is 10.0. The molecule has 0 aliphatic heterocycles. The molecule has 6 heteroatoms. The standard InChI is InChI=1S/C13H12ClNO3S/c1-2-3-9-18-11-6-7-12(19(14,16)17)10-5-4-8-15-13(10)11/h2,4-8H,1,3,9H2. The largest absolute Gasteiger partial charge is 0.491 e. The number of aromatic nitrogens is 1. The van der Waals surface area contributed by atoms with Crippen LogP contribution in [0.5, 0.6) is 5.75 Å². The molecule has 0 spiro atoms. The van der Waals surface area contributed by atoms with Gasteiger partial charge < -0.3 is 4.74 Å². The van der Waals surface area contributed by atoms with Crippen molar-refractivity contribution in [2.24, 2.45) is 0 Å². The monoisotopic (exact) mass is 297 g/mol. The third-order valence-electron chi connectivity index (χ3n) is 2.53. The van der Waals surface area contributed by atoms with Crippen LogP contribution < -0.4 is 4.74 Å². The Kier molecular flexibility index (Phi) is 4.07. The Morgan fingerprint density at radius 1 is 1.37 bits per heavy atom. The van der Waals surface area contributed by atoms with Crippen LogP contribution in [0.3, 0.4) is 0 Å². The van der Waals surface area contributed by atoms with E-state index < -0.39 is 9.05 Å². The first-order chi connectivity index (χ1) is 9.04. The summed E-state index contributed by atoms with van der Waals surface area (Å²) in [5.41, 5.74) is 0.480. The van der Waals surface area contributed by atoms with Gasteiger partial charge in [0, 0.05) is 22.3 Å². The molecule has 2 aromatic rings. The molecule has 4 nitrogen and oxygen atoms in total. The topological polar surface area (TPSA) is 56.3 Å². The van der Waals surface area contributed by atoms with Crippen LogP contribution in [-0.2, 0) is 9.05 Å². The van der Waals surface area contributed by atoms with E-state index in [4.69, 9.17) is 15.4 Å². The third kappa shape index (κ3) is 3.05. The Labute approximate surface area is 116 Å². The number of ether oxygens (including phenoxy) is 1. The zero-order chi connectivity index (χ0) is 13.9. The molecule has 2 rings (SSSR count). The number of halogens is 1. The average molecular weight is 298 g/mol. The minimum atomic E-state index is -3.81. The van der Waals surface area contributed by atoms with Crippen molar-refractivity contribution in [3.8, 4) is 5.75 Å². The molecule has 0 radical (unpaired) electrons. The molecule has 0 fully saturated rings. The first-order valence-corrected chi connectivity index (χ1v) is 7.91.